The summed E-state index contributed by atoms with van der Waals surface area (Å²) in [5.74, 6) is 0.894. The number of hydrogen-bond donors (Lipinski definition) is 2. The molecule has 1 unspecified atom stereocenters. The molecular formula is C18H29NO2. The highest BCUT2D eigenvalue weighted by molar-refractivity contribution is 5.33. The van der Waals surface area contributed by atoms with Gasteiger partial charge < -0.3 is 15.2 Å². The highest BCUT2D eigenvalue weighted by Crippen LogP contribution is 2.18. The number of rotatable bonds is 7. The Balaban J connectivity index is 1.62. The van der Waals surface area contributed by atoms with Crippen LogP contribution in [0.4, 0.5) is 0 Å². The fraction of sp³-hybridized carbons (Fsp3) is 0.667. The molecule has 118 valence electrons. The van der Waals surface area contributed by atoms with E-state index in [4.69, 9.17) is 4.74 Å². The van der Waals surface area contributed by atoms with Crippen LogP contribution in [0.2, 0.25) is 0 Å². The number of ether oxygens (including phenoxy) is 1. The molecule has 3 nitrogen and oxygen atoms in total. The van der Waals surface area contributed by atoms with Crippen LogP contribution in [0.25, 0.3) is 0 Å². The number of aliphatic hydroxyl groups excluding tert-OH is 1. The summed E-state index contributed by atoms with van der Waals surface area (Å²) in [5, 5.41) is 13.5. The summed E-state index contributed by atoms with van der Waals surface area (Å²) in [7, 11) is 0. The van der Waals surface area contributed by atoms with Gasteiger partial charge in [-0.15, -0.1) is 0 Å². The molecule has 0 amide bonds. The monoisotopic (exact) mass is 291 g/mol. The lowest BCUT2D eigenvalue weighted by Gasteiger charge is -2.24. The molecule has 1 aromatic carbocycles. The van der Waals surface area contributed by atoms with Crippen molar-refractivity contribution in [3.05, 3.63) is 29.3 Å². The van der Waals surface area contributed by atoms with Crippen molar-refractivity contribution in [2.24, 2.45) is 0 Å². The number of nitrogens with one attached hydrogen (secondary N) is 1. The van der Waals surface area contributed by atoms with Crippen LogP contribution in [0.1, 0.15) is 49.7 Å². The van der Waals surface area contributed by atoms with Crippen LogP contribution in [0, 0.1) is 13.8 Å². The van der Waals surface area contributed by atoms with E-state index in [1.165, 1.54) is 43.2 Å². The van der Waals surface area contributed by atoms with Crippen LogP contribution in [0.5, 0.6) is 5.75 Å². The Bertz CT molecular complexity index is 427. The Hall–Kier alpha value is -1.06. The predicted octanol–water partition coefficient (Wildman–Crippen LogP) is 3.36. The summed E-state index contributed by atoms with van der Waals surface area (Å²) in [6, 6.07) is 6.73. The SMILES string of the molecule is Cc1ccc(OCCC(O)CNC2CCCCC2)cc1C. The van der Waals surface area contributed by atoms with Crippen LogP contribution in [0.3, 0.4) is 0 Å². The van der Waals surface area contributed by atoms with Gasteiger partial charge in [-0.3, -0.25) is 0 Å². The van der Waals surface area contributed by atoms with Crippen molar-refractivity contribution in [1.82, 2.24) is 5.32 Å². The molecule has 2 N–H and O–H groups in total. The zero-order valence-electron chi connectivity index (χ0n) is 13.4. The van der Waals surface area contributed by atoms with Gasteiger partial charge in [-0.2, -0.15) is 0 Å². The fourth-order valence-corrected chi connectivity index (χ4v) is 2.83. The largest absolute Gasteiger partial charge is 0.493 e. The van der Waals surface area contributed by atoms with Gasteiger partial charge in [0.2, 0.25) is 0 Å². The summed E-state index contributed by atoms with van der Waals surface area (Å²) in [6.07, 6.45) is 6.88. The minimum atomic E-state index is -0.321. The van der Waals surface area contributed by atoms with Gasteiger partial charge in [0.05, 0.1) is 12.7 Å². The Morgan fingerprint density at radius 3 is 2.67 bits per heavy atom. The molecule has 2 rings (SSSR count). The third-order valence-corrected chi connectivity index (χ3v) is 4.45. The van der Waals surface area contributed by atoms with Gasteiger partial charge >= 0.3 is 0 Å². The first-order valence-corrected chi connectivity index (χ1v) is 8.26. The second-order valence-electron chi connectivity index (χ2n) is 6.28. The topological polar surface area (TPSA) is 41.5 Å². The molecule has 1 aromatic rings. The Labute approximate surface area is 128 Å². The Kier molecular flexibility index (Phi) is 6.52. The van der Waals surface area contributed by atoms with E-state index in [0.29, 0.717) is 25.6 Å². The zero-order chi connectivity index (χ0) is 15.1. The van der Waals surface area contributed by atoms with Crippen molar-refractivity contribution in [3.8, 4) is 5.75 Å². The van der Waals surface area contributed by atoms with Gasteiger partial charge in [0.25, 0.3) is 0 Å². The average Bonchev–Trinajstić information content (AvgIpc) is 2.50. The Morgan fingerprint density at radius 1 is 1.19 bits per heavy atom. The third kappa shape index (κ3) is 5.68. The number of benzene rings is 1. The van der Waals surface area contributed by atoms with E-state index < -0.39 is 0 Å². The maximum atomic E-state index is 10.0. The van der Waals surface area contributed by atoms with Gasteiger partial charge in [-0.25, -0.2) is 0 Å². The molecule has 21 heavy (non-hydrogen) atoms. The van der Waals surface area contributed by atoms with Crippen LogP contribution < -0.4 is 10.1 Å². The smallest absolute Gasteiger partial charge is 0.119 e. The highest BCUT2D eigenvalue weighted by Gasteiger charge is 2.14. The summed E-state index contributed by atoms with van der Waals surface area (Å²) in [4.78, 5) is 0. The van der Waals surface area contributed by atoms with E-state index in [9.17, 15) is 5.11 Å². The van der Waals surface area contributed by atoms with E-state index in [0.717, 1.165) is 5.75 Å². The molecule has 1 atom stereocenters. The standard InChI is InChI=1S/C18H29NO2/c1-14-8-9-18(12-15(14)2)21-11-10-17(20)13-19-16-6-4-3-5-7-16/h8-9,12,16-17,19-20H,3-7,10-11,13H2,1-2H3. The molecule has 1 fully saturated rings. The van der Waals surface area contributed by atoms with Gasteiger partial charge in [0, 0.05) is 19.0 Å². The molecule has 1 aliphatic rings. The van der Waals surface area contributed by atoms with Crippen molar-refractivity contribution in [1.29, 1.82) is 0 Å². The third-order valence-electron chi connectivity index (χ3n) is 4.45. The lowest BCUT2D eigenvalue weighted by Crippen LogP contribution is -2.37. The summed E-state index contributed by atoms with van der Waals surface area (Å²) < 4.78 is 5.72. The first-order chi connectivity index (χ1) is 10.1. The fourth-order valence-electron chi connectivity index (χ4n) is 2.83. The van der Waals surface area contributed by atoms with Crippen molar-refractivity contribution >= 4 is 0 Å². The summed E-state index contributed by atoms with van der Waals surface area (Å²) in [5.41, 5.74) is 2.52. The summed E-state index contributed by atoms with van der Waals surface area (Å²) >= 11 is 0. The van der Waals surface area contributed by atoms with Crippen LogP contribution >= 0.6 is 0 Å². The molecule has 0 saturated heterocycles. The molecule has 0 spiro atoms. The second kappa shape index (κ2) is 8.40. The molecule has 0 aliphatic heterocycles. The molecule has 0 aromatic heterocycles. The maximum absolute atomic E-state index is 10.0. The normalized spacial score (nSPS) is 17.7. The van der Waals surface area contributed by atoms with Gasteiger partial charge in [-0.05, 0) is 49.9 Å². The van der Waals surface area contributed by atoms with Crippen molar-refractivity contribution in [2.45, 2.75) is 64.5 Å². The molecule has 0 radical (unpaired) electrons. The molecule has 3 heteroatoms. The zero-order valence-corrected chi connectivity index (χ0v) is 13.4. The van der Waals surface area contributed by atoms with E-state index in [2.05, 4.69) is 31.3 Å². The van der Waals surface area contributed by atoms with Gasteiger partial charge in [0.1, 0.15) is 5.75 Å². The maximum Gasteiger partial charge on any atom is 0.119 e. The Morgan fingerprint density at radius 2 is 1.95 bits per heavy atom. The van der Waals surface area contributed by atoms with E-state index in [1.54, 1.807) is 0 Å². The summed E-state index contributed by atoms with van der Waals surface area (Å²) in [6.45, 7) is 5.43. The lowest BCUT2D eigenvalue weighted by molar-refractivity contribution is 0.131. The first-order valence-electron chi connectivity index (χ1n) is 8.26. The average molecular weight is 291 g/mol. The molecular weight excluding hydrogens is 262 g/mol. The lowest BCUT2D eigenvalue weighted by atomic mass is 9.95. The van der Waals surface area contributed by atoms with E-state index in [-0.39, 0.29) is 6.10 Å². The van der Waals surface area contributed by atoms with Crippen molar-refractivity contribution < 1.29 is 9.84 Å². The predicted molar refractivity (Wildman–Crippen MR) is 86.9 cm³/mol. The van der Waals surface area contributed by atoms with Crippen LogP contribution in [-0.4, -0.2) is 30.4 Å². The number of hydrogen-bond acceptors (Lipinski definition) is 3. The minimum Gasteiger partial charge on any atom is -0.493 e. The van der Waals surface area contributed by atoms with Crippen molar-refractivity contribution in [2.75, 3.05) is 13.2 Å². The molecule has 1 aliphatic carbocycles. The van der Waals surface area contributed by atoms with Gasteiger partial charge in [0.15, 0.2) is 0 Å². The minimum absolute atomic E-state index is 0.321. The van der Waals surface area contributed by atoms with Crippen LogP contribution in [0.15, 0.2) is 18.2 Å². The number of aryl methyl sites for hydroxylation is 2. The van der Waals surface area contributed by atoms with Crippen molar-refractivity contribution in [3.63, 3.8) is 0 Å². The quantitative estimate of drug-likeness (QED) is 0.809. The number of aliphatic hydroxyl groups is 1. The highest BCUT2D eigenvalue weighted by atomic mass is 16.5. The molecule has 0 heterocycles. The second-order valence-corrected chi connectivity index (χ2v) is 6.28. The van der Waals surface area contributed by atoms with Crippen LogP contribution in [-0.2, 0) is 0 Å². The van der Waals surface area contributed by atoms with E-state index >= 15 is 0 Å². The van der Waals surface area contributed by atoms with E-state index in [1.807, 2.05) is 6.07 Å². The van der Waals surface area contributed by atoms with Gasteiger partial charge in [-0.1, -0.05) is 25.3 Å². The molecule has 0 bridgehead atoms. The molecule has 1 saturated carbocycles. The first kappa shape index (κ1) is 16.3.